The van der Waals surface area contributed by atoms with Crippen LogP contribution >= 0.6 is 0 Å². The molecular weight excluding hydrogens is 220 g/mol. The summed E-state index contributed by atoms with van der Waals surface area (Å²) in [7, 11) is 0. The zero-order chi connectivity index (χ0) is 12.3. The molecule has 0 bridgehead atoms. The molecule has 0 saturated carbocycles. The van der Waals surface area contributed by atoms with Gasteiger partial charge >= 0.3 is 0 Å². The standard InChI is InChI=1S/C11H12N4O2/c12-8-11-2-1-7-14(11)13-9-3-5-10(6-4-9)15(16)17/h3-6,11,13H,1-2,7H2/t11-/m1/s1. The number of hydrogen-bond donors (Lipinski definition) is 1. The molecule has 0 aliphatic carbocycles. The lowest BCUT2D eigenvalue weighted by molar-refractivity contribution is -0.384. The van der Waals surface area contributed by atoms with Gasteiger partial charge in [-0.3, -0.25) is 10.1 Å². The second-order valence-corrected chi connectivity index (χ2v) is 3.90. The van der Waals surface area contributed by atoms with Crippen LogP contribution in [0.25, 0.3) is 0 Å². The van der Waals surface area contributed by atoms with Gasteiger partial charge in [-0.1, -0.05) is 0 Å². The Morgan fingerprint density at radius 2 is 2.18 bits per heavy atom. The predicted molar refractivity (Wildman–Crippen MR) is 62.1 cm³/mol. The van der Waals surface area contributed by atoms with E-state index in [0.29, 0.717) is 0 Å². The number of nitriles is 1. The molecule has 6 nitrogen and oxygen atoms in total. The number of nitro groups is 1. The minimum atomic E-state index is -0.433. The molecule has 17 heavy (non-hydrogen) atoms. The molecule has 1 N–H and O–H groups in total. The smallest absolute Gasteiger partial charge is 0.269 e. The summed E-state index contributed by atoms with van der Waals surface area (Å²) in [6.07, 6.45) is 1.84. The first-order valence-electron chi connectivity index (χ1n) is 5.38. The Bertz CT molecular complexity index is 452. The molecule has 88 valence electrons. The van der Waals surface area contributed by atoms with E-state index >= 15 is 0 Å². The molecule has 6 heteroatoms. The first-order chi connectivity index (χ1) is 8.20. The largest absolute Gasteiger partial charge is 0.318 e. The van der Waals surface area contributed by atoms with E-state index in [1.165, 1.54) is 12.1 Å². The summed E-state index contributed by atoms with van der Waals surface area (Å²) in [6, 6.07) is 8.27. The molecule has 0 unspecified atom stereocenters. The van der Waals surface area contributed by atoms with Crippen molar-refractivity contribution < 1.29 is 4.92 Å². The fraction of sp³-hybridized carbons (Fsp3) is 0.364. The van der Waals surface area contributed by atoms with Gasteiger partial charge in [0.15, 0.2) is 0 Å². The Labute approximate surface area is 98.6 Å². The number of hydrazine groups is 1. The Balaban J connectivity index is 2.04. The second kappa shape index (κ2) is 4.80. The lowest BCUT2D eigenvalue weighted by Crippen LogP contribution is -2.33. The topological polar surface area (TPSA) is 82.2 Å². The highest BCUT2D eigenvalue weighted by Gasteiger charge is 2.23. The van der Waals surface area contributed by atoms with Gasteiger partial charge in [0.2, 0.25) is 0 Å². The van der Waals surface area contributed by atoms with Crippen molar-refractivity contribution in [3.63, 3.8) is 0 Å². The minimum Gasteiger partial charge on any atom is -0.318 e. The summed E-state index contributed by atoms with van der Waals surface area (Å²) in [5, 5.41) is 21.3. The molecule has 1 aromatic rings. The normalized spacial score (nSPS) is 19.8. The van der Waals surface area contributed by atoms with Gasteiger partial charge in [0.25, 0.3) is 5.69 Å². The SMILES string of the molecule is N#C[C@H]1CCCN1Nc1ccc([N+](=O)[O-])cc1. The first kappa shape index (κ1) is 11.4. The molecule has 1 aromatic carbocycles. The summed E-state index contributed by atoms with van der Waals surface area (Å²) in [5.41, 5.74) is 3.92. The lowest BCUT2D eigenvalue weighted by atomic mass is 10.2. The van der Waals surface area contributed by atoms with Gasteiger partial charge < -0.3 is 5.43 Å². The molecular formula is C11H12N4O2. The maximum absolute atomic E-state index is 10.5. The Hall–Kier alpha value is -2.13. The monoisotopic (exact) mass is 232 g/mol. The molecule has 0 radical (unpaired) electrons. The quantitative estimate of drug-likeness (QED) is 0.635. The fourth-order valence-electron chi connectivity index (χ4n) is 1.86. The molecule has 1 atom stereocenters. The van der Waals surface area contributed by atoms with Gasteiger partial charge in [-0.25, -0.2) is 5.01 Å². The van der Waals surface area contributed by atoms with Gasteiger partial charge in [-0.05, 0) is 25.0 Å². The Kier molecular flexibility index (Phi) is 3.21. The fourth-order valence-corrected chi connectivity index (χ4v) is 1.86. The predicted octanol–water partition coefficient (Wildman–Crippen LogP) is 1.91. The lowest BCUT2D eigenvalue weighted by Gasteiger charge is -2.21. The van der Waals surface area contributed by atoms with Gasteiger partial charge in [0.1, 0.15) is 6.04 Å². The van der Waals surface area contributed by atoms with E-state index in [1.807, 2.05) is 5.01 Å². The molecule has 1 fully saturated rings. The average molecular weight is 232 g/mol. The highest BCUT2D eigenvalue weighted by atomic mass is 16.6. The van der Waals surface area contributed by atoms with Crippen LogP contribution < -0.4 is 5.43 Å². The number of anilines is 1. The van der Waals surface area contributed by atoms with Crippen molar-refractivity contribution in [1.82, 2.24) is 5.01 Å². The van der Waals surface area contributed by atoms with Crippen LogP contribution in [0.5, 0.6) is 0 Å². The maximum Gasteiger partial charge on any atom is 0.269 e. The summed E-state index contributed by atoms with van der Waals surface area (Å²) < 4.78 is 0. The molecule has 0 amide bonds. The van der Waals surface area contributed by atoms with Crippen molar-refractivity contribution in [2.24, 2.45) is 0 Å². The van der Waals surface area contributed by atoms with E-state index < -0.39 is 4.92 Å². The van der Waals surface area contributed by atoms with Crippen LogP contribution in [0.4, 0.5) is 11.4 Å². The van der Waals surface area contributed by atoms with Gasteiger partial charge in [0.05, 0.1) is 11.0 Å². The molecule has 1 saturated heterocycles. The summed E-state index contributed by atoms with van der Waals surface area (Å²) >= 11 is 0. The number of nitro benzene ring substituents is 1. The number of non-ortho nitro benzene ring substituents is 1. The number of nitrogens with zero attached hydrogens (tertiary/aromatic N) is 3. The van der Waals surface area contributed by atoms with Crippen LogP contribution in [0.15, 0.2) is 24.3 Å². The number of benzene rings is 1. The van der Waals surface area contributed by atoms with Crippen LogP contribution in [0.2, 0.25) is 0 Å². The third-order valence-corrected chi connectivity index (χ3v) is 2.75. The first-order valence-corrected chi connectivity index (χ1v) is 5.38. The van der Waals surface area contributed by atoms with Crippen molar-refractivity contribution in [1.29, 1.82) is 5.26 Å². The van der Waals surface area contributed by atoms with E-state index in [0.717, 1.165) is 25.1 Å². The summed E-state index contributed by atoms with van der Waals surface area (Å²) in [5.74, 6) is 0. The van der Waals surface area contributed by atoms with Crippen LogP contribution in [0, 0.1) is 21.4 Å². The molecule has 1 heterocycles. The van der Waals surface area contributed by atoms with E-state index in [9.17, 15) is 10.1 Å². The number of rotatable bonds is 3. The van der Waals surface area contributed by atoms with Crippen LogP contribution in [-0.2, 0) is 0 Å². The Morgan fingerprint density at radius 3 is 2.76 bits per heavy atom. The zero-order valence-corrected chi connectivity index (χ0v) is 9.17. The molecule has 1 aliphatic heterocycles. The van der Waals surface area contributed by atoms with Crippen molar-refractivity contribution in [3.05, 3.63) is 34.4 Å². The van der Waals surface area contributed by atoms with Crippen molar-refractivity contribution >= 4 is 11.4 Å². The van der Waals surface area contributed by atoms with E-state index in [1.54, 1.807) is 12.1 Å². The highest BCUT2D eigenvalue weighted by molar-refractivity contribution is 5.48. The molecule has 1 aliphatic rings. The second-order valence-electron chi connectivity index (χ2n) is 3.90. The number of hydrogen-bond acceptors (Lipinski definition) is 5. The van der Waals surface area contributed by atoms with Gasteiger partial charge in [0, 0.05) is 24.4 Å². The molecule has 0 aromatic heterocycles. The third kappa shape index (κ3) is 2.52. The number of nitrogens with one attached hydrogen (secondary N) is 1. The minimum absolute atomic E-state index is 0.0637. The van der Waals surface area contributed by atoms with Gasteiger partial charge in [-0.2, -0.15) is 5.26 Å². The van der Waals surface area contributed by atoms with E-state index in [4.69, 9.17) is 5.26 Å². The van der Waals surface area contributed by atoms with Gasteiger partial charge in [-0.15, -0.1) is 0 Å². The van der Waals surface area contributed by atoms with Crippen LogP contribution in [0.1, 0.15) is 12.8 Å². The molecule has 0 spiro atoms. The van der Waals surface area contributed by atoms with Crippen molar-refractivity contribution in [2.75, 3.05) is 12.0 Å². The van der Waals surface area contributed by atoms with E-state index in [-0.39, 0.29) is 11.7 Å². The summed E-state index contributed by atoms with van der Waals surface area (Å²) in [4.78, 5) is 10.1. The highest BCUT2D eigenvalue weighted by Crippen LogP contribution is 2.20. The maximum atomic E-state index is 10.5. The third-order valence-electron chi connectivity index (χ3n) is 2.75. The average Bonchev–Trinajstić information content (AvgIpc) is 2.77. The zero-order valence-electron chi connectivity index (χ0n) is 9.17. The summed E-state index contributed by atoms with van der Waals surface area (Å²) in [6.45, 7) is 0.815. The van der Waals surface area contributed by atoms with Crippen LogP contribution in [0.3, 0.4) is 0 Å². The van der Waals surface area contributed by atoms with Crippen LogP contribution in [-0.4, -0.2) is 22.5 Å². The van der Waals surface area contributed by atoms with Crippen molar-refractivity contribution in [3.8, 4) is 6.07 Å². The van der Waals surface area contributed by atoms with Crippen molar-refractivity contribution in [2.45, 2.75) is 18.9 Å². The molecule has 2 rings (SSSR count). The Morgan fingerprint density at radius 1 is 1.47 bits per heavy atom. The van der Waals surface area contributed by atoms with E-state index in [2.05, 4.69) is 11.5 Å².